The zero-order valence-electron chi connectivity index (χ0n) is 16.8. The third-order valence-electron chi connectivity index (χ3n) is 5.85. The summed E-state index contributed by atoms with van der Waals surface area (Å²) in [6.45, 7) is 4.45. The fraction of sp³-hybridized carbons (Fsp3) is 0.667. The molecule has 1 aromatic heterocycles. The smallest absolute Gasteiger partial charge is 0.224 e. The van der Waals surface area contributed by atoms with E-state index in [0.29, 0.717) is 25.6 Å². The molecule has 0 radical (unpaired) electrons. The highest BCUT2D eigenvalue weighted by Crippen LogP contribution is 2.24. The first-order chi connectivity index (χ1) is 13.7. The number of piperidine rings is 2. The number of likely N-dealkylation sites (tertiary alicyclic amines) is 2. The highest BCUT2D eigenvalue weighted by Gasteiger charge is 2.32. The number of hydrogen-bond donors (Lipinski definition) is 1. The fourth-order valence-electron chi connectivity index (χ4n) is 4.20. The second kappa shape index (κ2) is 10.5. The van der Waals surface area contributed by atoms with Crippen molar-refractivity contribution < 1.29 is 14.3 Å². The monoisotopic (exact) mass is 388 g/mol. The van der Waals surface area contributed by atoms with Crippen LogP contribution in [0.25, 0.3) is 0 Å². The number of nitrogens with zero attached hydrogens (tertiary/aromatic N) is 3. The Morgan fingerprint density at radius 2 is 2.04 bits per heavy atom. The van der Waals surface area contributed by atoms with Gasteiger partial charge in [0.1, 0.15) is 0 Å². The third kappa shape index (κ3) is 5.75. The van der Waals surface area contributed by atoms with Crippen LogP contribution in [0.15, 0.2) is 24.4 Å². The molecule has 2 amide bonds. The van der Waals surface area contributed by atoms with Crippen molar-refractivity contribution in [3.05, 3.63) is 30.1 Å². The minimum atomic E-state index is 0.0406. The van der Waals surface area contributed by atoms with Crippen LogP contribution in [0.3, 0.4) is 0 Å². The van der Waals surface area contributed by atoms with E-state index in [9.17, 15) is 9.59 Å². The molecule has 7 heteroatoms. The Kier molecular flexibility index (Phi) is 7.80. The van der Waals surface area contributed by atoms with E-state index >= 15 is 0 Å². The molecule has 0 unspecified atom stereocenters. The maximum absolute atomic E-state index is 12.6. The van der Waals surface area contributed by atoms with Crippen molar-refractivity contribution >= 4 is 11.8 Å². The van der Waals surface area contributed by atoms with E-state index in [1.165, 1.54) is 0 Å². The Morgan fingerprint density at radius 1 is 1.21 bits per heavy atom. The van der Waals surface area contributed by atoms with Gasteiger partial charge in [-0.1, -0.05) is 6.07 Å². The zero-order chi connectivity index (χ0) is 19.8. The standard InChI is InChI=1S/C21H32N4O3/c1-28-14-9-20(26)24-12-7-19(8-13-24)25-11-4-5-17(16-25)21(27)23-15-18-6-2-3-10-22-18/h2-3,6,10,17,19H,4-5,7-9,11-16H2,1H3,(H,23,27)/t17-/m0/s1. The number of hydrogen-bond acceptors (Lipinski definition) is 5. The van der Waals surface area contributed by atoms with Crippen molar-refractivity contribution in [1.82, 2.24) is 20.1 Å². The summed E-state index contributed by atoms with van der Waals surface area (Å²) in [7, 11) is 1.62. The average Bonchev–Trinajstić information content (AvgIpc) is 2.76. The summed E-state index contributed by atoms with van der Waals surface area (Å²) in [6.07, 6.45) is 6.18. The lowest BCUT2D eigenvalue weighted by Gasteiger charge is -2.42. The SMILES string of the molecule is COCCC(=O)N1CCC(N2CCC[C@H](C(=O)NCc3ccccn3)C2)CC1. The summed E-state index contributed by atoms with van der Waals surface area (Å²) in [5, 5.41) is 3.04. The molecule has 0 saturated carbocycles. The van der Waals surface area contributed by atoms with Gasteiger partial charge in [0.2, 0.25) is 11.8 Å². The maximum Gasteiger partial charge on any atom is 0.224 e. The number of methoxy groups -OCH3 is 1. The summed E-state index contributed by atoms with van der Waals surface area (Å²) >= 11 is 0. The molecule has 3 rings (SSSR count). The molecule has 1 N–H and O–H groups in total. The van der Waals surface area contributed by atoms with Crippen molar-refractivity contribution in [3.8, 4) is 0 Å². The molecule has 0 bridgehead atoms. The van der Waals surface area contributed by atoms with Gasteiger partial charge in [-0.15, -0.1) is 0 Å². The van der Waals surface area contributed by atoms with Crippen molar-refractivity contribution in [2.24, 2.45) is 5.92 Å². The molecule has 0 spiro atoms. The normalized spacial score (nSPS) is 21.5. The minimum Gasteiger partial charge on any atom is -0.384 e. The molecule has 0 aliphatic carbocycles. The van der Waals surface area contributed by atoms with E-state index in [1.54, 1.807) is 13.3 Å². The number of amides is 2. The molecular formula is C21H32N4O3. The van der Waals surface area contributed by atoms with E-state index in [0.717, 1.165) is 57.6 Å². The number of aromatic nitrogens is 1. The number of nitrogens with one attached hydrogen (secondary N) is 1. The van der Waals surface area contributed by atoms with Gasteiger partial charge in [0.25, 0.3) is 0 Å². The second-order valence-electron chi connectivity index (χ2n) is 7.73. The molecule has 1 aromatic rings. The summed E-state index contributed by atoms with van der Waals surface area (Å²) in [5.74, 6) is 0.354. The summed E-state index contributed by atoms with van der Waals surface area (Å²) < 4.78 is 5.00. The van der Waals surface area contributed by atoms with Gasteiger partial charge in [-0.3, -0.25) is 19.5 Å². The van der Waals surface area contributed by atoms with E-state index in [-0.39, 0.29) is 17.7 Å². The second-order valence-corrected chi connectivity index (χ2v) is 7.73. The number of ether oxygens (including phenoxy) is 1. The first-order valence-corrected chi connectivity index (χ1v) is 10.4. The lowest BCUT2D eigenvalue weighted by atomic mass is 9.93. The van der Waals surface area contributed by atoms with Gasteiger partial charge in [-0.05, 0) is 44.4 Å². The van der Waals surface area contributed by atoms with Gasteiger partial charge in [0.15, 0.2) is 0 Å². The van der Waals surface area contributed by atoms with Crippen LogP contribution in [0.2, 0.25) is 0 Å². The van der Waals surface area contributed by atoms with E-state index in [1.807, 2.05) is 23.1 Å². The Labute approximate surface area is 167 Å². The summed E-state index contributed by atoms with van der Waals surface area (Å²) in [4.78, 5) is 33.4. The molecule has 2 saturated heterocycles. The summed E-state index contributed by atoms with van der Waals surface area (Å²) in [5.41, 5.74) is 0.883. The molecule has 154 valence electrons. The predicted octanol–water partition coefficient (Wildman–Crippen LogP) is 1.44. The molecule has 2 aliphatic rings. The van der Waals surface area contributed by atoms with Crippen LogP contribution in [0.5, 0.6) is 0 Å². The van der Waals surface area contributed by atoms with Gasteiger partial charge in [0.05, 0.1) is 31.2 Å². The number of carbonyl (C=O) groups is 2. The van der Waals surface area contributed by atoms with Gasteiger partial charge in [-0.25, -0.2) is 0 Å². The van der Waals surface area contributed by atoms with E-state index in [4.69, 9.17) is 4.74 Å². The van der Waals surface area contributed by atoms with Crippen LogP contribution in [-0.2, 0) is 20.9 Å². The Bertz CT molecular complexity index is 632. The summed E-state index contributed by atoms with van der Waals surface area (Å²) in [6, 6.07) is 6.21. The molecule has 0 aromatic carbocycles. The van der Waals surface area contributed by atoms with Gasteiger partial charge < -0.3 is 15.0 Å². The van der Waals surface area contributed by atoms with Crippen molar-refractivity contribution in [3.63, 3.8) is 0 Å². The van der Waals surface area contributed by atoms with Crippen LogP contribution in [0, 0.1) is 5.92 Å². The molecule has 28 heavy (non-hydrogen) atoms. The van der Waals surface area contributed by atoms with E-state index in [2.05, 4.69) is 15.2 Å². The highest BCUT2D eigenvalue weighted by atomic mass is 16.5. The van der Waals surface area contributed by atoms with Crippen molar-refractivity contribution in [1.29, 1.82) is 0 Å². The fourth-order valence-corrected chi connectivity index (χ4v) is 4.20. The predicted molar refractivity (Wildman–Crippen MR) is 106 cm³/mol. The van der Waals surface area contributed by atoms with Crippen molar-refractivity contribution in [2.75, 3.05) is 39.9 Å². The largest absolute Gasteiger partial charge is 0.384 e. The van der Waals surface area contributed by atoms with Crippen molar-refractivity contribution in [2.45, 2.75) is 44.7 Å². The number of rotatable bonds is 7. The van der Waals surface area contributed by atoms with Gasteiger partial charge >= 0.3 is 0 Å². The lowest BCUT2D eigenvalue weighted by molar-refractivity contribution is -0.133. The van der Waals surface area contributed by atoms with E-state index < -0.39 is 0 Å². The molecule has 2 aliphatic heterocycles. The van der Waals surface area contributed by atoms with Crippen LogP contribution in [-0.4, -0.2) is 72.5 Å². The molecule has 7 nitrogen and oxygen atoms in total. The quantitative estimate of drug-likeness (QED) is 0.765. The first kappa shape index (κ1) is 20.7. The van der Waals surface area contributed by atoms with Gasteiger partial charge in [0, 0.05) is 39.0 Å². The molecule has 1 atom stereocenters. The topological polar surface area (TPSA) is 74.8 Å². The Hall–Kier alpha value is -1.99. The Balaban J connectivity index is 1.43. The number of pyridine rings is 1. The lowest BCUT2D eigenvalue weighted by Crippen LogP contribution is -2.51. The van der Waals surface area contributed by atoms with Crippen LogP contribution >= 0.6 is 0 Å². The first-order valence-electron chi connectivity index (χ1n) is 10.4. The molecule has 3 heterocycles. The highest BCUT2D eigenvalue weighted by molar-refractivity contribution is 5.79. The number of carbonyl (C=O) groups excluding carboxylic acids is 2. The minimum absolute atomic E-state index is 0.0406. The van der Waals surface area contributed by atoms with Crippen LogP contribution in [0.4, 0.5) is 0 Å². The Morgan fingerprint density at radius 3 is 2.75 bits per heavy atom. The van der Waals surface area contributed by atoms with Crippen LogP contribution < -0.4 is 5.32 Å². The maximum atomic E-state index is 12.6. The van der Waals surface area contributed by atoms with Crippen LogP contribution in [0.1, 0.15) is 37.8 Å². The molecular weight excluding hydrogens is 356 g/mol. The molecule has 2 fully saturated rings. The average molecular weight is 389 g/mol. The zero-order valence-corrected chi connectivity index (χ0v) is 16.8. The third-order valence-corrected chi connectivity index (χ3v) is 5.85. The van der Waals surface area contributed by atoms with Gasteiger partial charge in [-0.2, -0.15) is 0 Å².